The van der Waals surface area contributed by atoms with Crippen LogP contribution in [0.1, 0.15) is 5.56 Å². The lowest BCUT2D eigenvalue weighted by atomic mass is 10.4. The van der Waals surface area contributed by atoms with Crippen LogP contribution >= 0.6 is 11.6 Å². The summed E-state index contributed by atoms with van der Waals surface area (Å²) in [5.41, 5.74) is 0.710. The van der Waals surface area contributed by atoms with E-state index in [1.54, 1.807) is 0 Å². The van der Waals surface area contributed by atoms with Gasteiger partial charge in [-0.05, 0) is 12.5 Å². The summed E-state index contributed by atoms with van der Waals surface area (Å²) in [5.74, 6) is 0. The van der Waals surface area contributed by atoms with Crippen molar-refractivity contribution in [3.63, 3.8) is 0 Å². The third-order valence-corrected chi connectivity index (χ3v) is 1.10. The number of hydrogen-bond donors (Lipinski definition) is 0. The first-order valence-corrected chi connectivity index (χ1v) is 2.46. The molecule has 0 bridgehead atoms. The maximum absolute atomic E-state index is 5.54. The quantitative estimate of drug-likeness (QED) is 0.525. The normalized spacial score (nSPS) is 9.25. The maximum Gasteiger partial charge on any atom is 0.0685 e. The molecule has 8 heavy (non-hydrogen) atoms. The number of rotatable bonds is 0. The van der Waals surface area contributed by atoms with E-state index in [-0.39, 0.29) is 0 Å². The molecule has 0 aliphatic heterocycles. The molecule has 0 atom stereocenters. The van der Waals surface area contributed by atoms with Gasteiger partial charge in [-0.2, -0.15) is 10.2 Å². The molecule has 0 N–H and O–H groups in total. The lowest BCUT2D eigenvalue weighted by Crippen LogP contribution is -1.80. The molecule has 1 aromatic rings. The molecule has 1 heterocycles. The van der Waals surface area contributed by atoms with E-state index in [0.717, 1.165) is 0 Å². The van der Waals surface area contributed by atoms with E-state index in [9.17, 15) is 0 Å². The molecule has 0 aliphatic carbocycles. The topological polar surface area (TPSA) is 25.8 Å². The van der Waals surface area contributed by atoms with Crippen LogP contribution in [-0.2, 0) is 0 Å². The molecule has 3 heteroatoms. The molecule has 2 nitrogen and oxygen atoms in total. The predicted molar refractivity (Wildman–Crippen MR) is 31.5 cm³/mol. The molecule has 0 aliphatic rings. The first kappa shape index (κ1) is 5.51. The van der Waals surface area contributed by atoms with Crippen molar-refractivity contribution in [1.82, 2.24) is 10.2 Å². The molecule has 0 unspecified atom stereocenters. The predicted octanol–water partition coefficient (Wildman–Crippen LogP) is 1.31. The van der Waals surface area contributed by atoms with Gasteiger partial charge < -0.3 is 0 Å². The van der Waals surface area contributed by atoms with Crippen LogP contribution in [0.25, 0.3) is 0 Å². The fraction of sp³-hybridized carbons (Fsp3) is 0. The monoisotopic (exact) mass is 127 g/mol. The molecule has 0 aromatic carbocycles. The Bertz CT molecular complexity index is 167. The largest absolute Gasteiger partial charge is 0.159 e. The van der Waals surface area contributed by atoms with Crippen LogP contribution in [0.3, 0.4) is 0 Å². The maximum atomic E-state index is 5.54. The first-order chi connectivity index (χ1) is 3.80. The summed E-state index contributed by atoms with van der Waals surface area (Å²) in [6.07, 6.45) is 2.98. The molecule has 41 valence electrons. The van der Waals surface area contributed by atoms with Crippen LogP contribution in [0.15, 0.2) is 12.4 Å². The molecule has 0 saturated heterocycles. The third kappa shape index (κ3) is 0.954. The Kier molecular flexibility index (Phi) is 1.44. The van der Waals surface area contributed by atoms with Crippen molar-refractivity contribution in [2.45, 2.75) is 0 Å². The van der Waals surface area contributed by atoms with Crippen molar-refractivity contribution in [3.05, 3.63) is 29.9 Å². The highest BCUT2D eigenvalue weighted by molar-refractivity contribution is 6.31. The minimum Gasteiger partial charge on any atom is -0.159 e. The zero-order valence-electron chi connectivity index (χ0n) is 4.13. The van der Waals surface area contributed by atoms with E-state index in [2.05, 4.69) is 17.1 Å². The Labute approximate surface area is 52.5 Å². The molecule has 0 saturated carbocycles. The van der Waals surface area contributed by atoms with Crippen LogP contribution in [0.5, 0.6) is 0 Å². The fourth-order valence-electron chi connectivity index (χ4n) is 0.332. The Morgan fingerprint density at radius 1 is 1.38 bits per heavy atom. The van der Waals surface area contributed by atoms with Crippen molar-refractivity contribution in [2.24, 2.45) is 0 Å². The average Bonchev–Trinajstić information content (AvgIpc) is 1.77. The van der Waals surface area contributed by atoms with Crippen molar-refractivity contribution >= 4 is 11.6 Å². The van der Waals surface area contributed by atoms with E-state index in [1.807, 2.05) is 0 Å². The lowest BCUT2D eigenvalue weighted by Gasteiger charge is -1.88. The molecular weight excluding hydrogens is 124 g/mol. The molecular formula is C5H4ClN2. The second-order valence-electron chi connectivity index (χ2n) is 1.36. The molecule has 1 aromatic heterocycles. The van der Waals surface area contributed by atoms with Crippen molar-refractivity contribution in [3.8, 4) is 0 Å². The van der Waals surface area contributed by atoms with Crippen molar-refractivity contribution in [2.75, 3.05) is 0 Å². The number of nitrogens with zero attached hydrogens (tertiary/aromatic N) is 2. The summed E-state index contributed by atoms with van der Waals surface area (Å²) in [6.45, 7) is 3.59. The van der Waals surface area contributed by atoms with E-state index >= 15 is 0 Å². The van der Waals surface area contributed by atoms with E-state index in [4.69, 9.17) is 11.6 Å². The van der Waals surface area contributed by atoms with Gasteiger partial charge >= 0.3 is 0 Å². The summed E-state index contributed by atoms with van der Waals surface area (Å²) in [5, 5.41) is 7.63. The van der Waals surface area contributed by atoms with Gasteiger partial charge in [0.2, 0.25) is 0 Å². The minimum absolute atomic E-state index is 0.556. The Hall–Kier alpha value is -0.630. The van der Waals surface area contributed by atoms with Gasteiger partial charge in [0.15, 0.2) is 0 Å². The highest BCUT2D eigenvalue weighted by Gasteiger charge is 1.89. The van der Waals surface area contributed by atoms with Crippen molar-refractivity contribution in [1.29, 1.82) is 0 Å². The summed E-state index contributed by atoms with van der Waals surface area (Å²) in [6, 6.07) is 0. The molecule has 0 amide bonds. The fourth-order valence-corrected chi connectivity index (χ4v) is 0.424. The number of halogens is 1. The Balaban J connectivity index is 3.13. The third-order valence-electron chi connectivity index (χ3n) is 0.758. The Morgan fingerprint density at radius 2 is 2.00 bits per heavy atom. The summed E-state index contributed by atoms with van der Waals surface area (Å²) in [7, 11) is 0. The van der Waals surface area contributed by atoms with E-state index in [1.165, 1.54) is 12.4 Å². The van der Waals surface area contributed by atoms with Gasteiger partial charge in [-0.3, -0.25) is 0 Å². The summed E-state index contributed by atoms with van der Waals surface area (Å²) in [4.78, 5) is 0. The summed E-state index contributed by atoms with van der Waals surface area (Å²) < 4.78 is 0. The zero-order valence-corrected chi connectivity index (χ0v) is 4.89. The van der Waals surface area contributed by atoms with Crippen LogP contribution in [0.4, 0.5) is 0 Å². The molecule has 0 spiro atoms. The standard InChI is InChI=1S/C5H4ClN2/c1-4-2-7-8-3-5(4)6/h2-3H,1H2. The first-order valence-electron chi connectivity index (χ1n) is 2.09. The van der Waals surface area contributed by atoms with Crippen molar-refractivity contribution < 1.29 is 0 Å². The molecule has 1 radical (unpaired) electrons. The van der Waals surface area contributed by atoms with Crippen LogP contribution in [0, 0.1) is 6.92 Å². The highest BCUT2D eigenvalue weighted by atomic mass is 35.5. The van der Waals surface area contributed by atoms with Gasteiger partial charge in [-0.25, -0.2) is 0 Å². The lowest BCUT2D eigenvalue weighted by molar-refractivity contribution is 1.02. The van der Waals surface area contributed by atoms with E-state index in [0.29, 0.717) is 10.6 Å². The SMILES string of the molecule is [CH2]c1cnncc1Cl. The number of aromatic nitrogens is 2. The van der Waals surface area contributed by atoms with Crippen LogP contribution in [-0.4, -0.2) is 10.2 Å². The highest BCUT2D eigenvalue weighted by Crippen LogP contribution is 2.08. The molecule has 0 fully saturated rings. The Morgan fingerprint density at radius 3 is 2.38 bits per heavy atom. The average molecular weight is 128 g/mol. The van der Waals surface area contributed by atoms with Gasteiger partial charge in [0.1, 0.15) is 0 Å². The van der Waals surface area contributed by atoms with Gasteiger partial charge in [0.25, 0.3) is 0 Å². The second-order valence-corrected chi connectivity index (χ2v) is 1.77. The van der Waals surface area contributed by atoms with Gasteiger partial charge in [0.05, 0.1) is 17.4 Å². The van der Waals surface area contributed by atoms with Gasteiger partial charge in [0, 0.05) is 0 Å². The smallest absolute Gasteiger partial charge is 0.0685 e. The number of hydrogen-bond acceptors (Lipinski definition) is 2. The van der Waals surface area contributed by atoms with Gasteiger partial charge in [-0.15, -0.1) is 0 Å². The minimum atomic E-state index is 0.556. The van der Waals surface area contributed by atoms with E-state index < -0.39 is 0 Å². The molecule has 1 rings (SSSR count). The van der Waals surface area contributed by atoms with Crippen LogP contribution < -0.4 is 0 Å². The zero-order chi connectivity index (χ0) is 5.98. The summed E-state index contributed by atoms with van der Waals surface area (Å²) >= 11 is 5.54. The second kappa shape index (κ2) is 2.09. The van der Waals surface area contributed by atoms with Gasteiger partial charge in [-0.1, -0.05) is 11.6 Å². The van der Waals surface area contributed by atoms with Crippen LogP contribution in [0.2, 0.25) is 5.02 Å².